The van der Waals surface area contributed by atoms with Gasteiger partial charge in [0.2, 0.25) is 0 Å². The molecule has 0 spiro atoms. The lowest BCUT2D eigenvalue weighted by Crippen LogP contribution is -2.25. The van der Waals surface area contributed by atoms with Crippen LogP contribution < -0.4 is 5.32 Å². The Hall–Kier alpha value is -1.16. The summed E-state index contributed by atoms with van der Waals surface area (Å²) in [6, 6.07) is 5.85. The summed E-state index contributed by atoms with van der Waals surface area (Å²) in [6.45, 7) is 4.07. The van der Waals surface area contributed by atoms with Crippen molar-refractivity contribution in [3.63, 3.8) is 0 Å². The molecule has 4 heteroatoms. The smallest absolute Gasteiger partial charge is 0.336 e. The van der Waals surface area contributed by atoms with Gasteiger partial charge in [0.15, 0.2) is 0 Å². The summed E-state index contributed by atoms with van der Waals surface area (Å²) in [5.74, 6) is 0.316. The molecule has 2 N–H and O–H groups in total. The standard InChI is InChI=1S/C13H17NO2S/c1-8-10(13(15)16)4-3-5-11(8)14-12-6-7-17-9(12)2/h3-5,9,12,14H,6-7H2,1-2H3,(H,15,16). The quantitative estimate of drug-likeness (QED) is 0.867. The number of rotatable bonds is 3. The van der Waals surface area contributed by atoms with E-state index < -0.39 is 5.97 Å². The van der Waals surface area contributed by atoms with Crippen LogP contribution in [0.2, 0.25) is 0 Å². The number of nitrogens with one attached hydrogen (secondary N) is 1. The van der Waals surface area contributed by atoms with Crippen molar-refractivity contribution in [1.82, 2.24) is 0 Å². The van der Waals surface area contributed by atoms with Crippen molar-refractivity contribution < 1.29 is 9.90 Å². The second-order valence-corrected chi connectivity index (χ2v) is 5.88. The van der Waals surface area contributed by atoms with Crippen LogP contribution in [0.15, 0.2) is 18.2 Å². The van der Waals surface area contributed by atoms with E-state index in [9.17, 15) is 4.79 Å². The SMILES string of the molecule is Cc1c(NC2CCSC2C)cccc1C(=O)O. The second kappa shape index (κ2) is 5.00. The molecule has 0 aliphatic carbocycles. The average Bonchev–Trinajstić information content (AvgIpc) is 2.67. The van der Waals surface area contributed by atoms with Crippen molar-refractivity contribution in [2.24, 2.45) is 0 Å². The van der Waals surface area contributed by atoms with Crippen molar-refractivity contribution >= 4 is 23.4 Å². The van der Waals surface area contributed by atoms with Gasteiger partial charge in [-0.05, 0) is 36.8 Å². The third kappa shape index (κ3) is 2.57. The molecule has 2 rings (SSSR count). The maximum Gasteiger partial charge on any atom is 0.336 e. The molecule has 92 valence electrons. The Morgan fingerprint density at radius 3 is 2.88 bits per heavy atom. The molecular weight excluding hydrogens is 234 g/mol. The molecule has 0 radical (unpaired) electrons. The monoisotopic (exact) mass is 251 g/mol. The highest BCUT2D eigenvalue weighted by atomic mass is 32.2. The number of thioether (sulfide) groups is 1. The van der Waals surface area contributed by atoms with Gasteiger partial charge in [-0.2, -0.15) is 11.8 Å². The van der Waals surface area contributed by atoms with Gasteiger partial charge in [-0.1, -0.05) is 13.0 Å². The number of benzene rings is 1. The molecule has 1 aliphatic heterocycles. The third-order valence-electron chi connectivity index (χ3n) is 3.28. The predicted octanol–water partition coefficient (Wildman–Crippen LogP) is 3.00. The molecule has 2 atom stereocenters. The molecule has 0 saturated carbocycles. The molecule has 1 aromatic rings. The predicted molar refractivity (Wildman–Crippen MR) is 72.1 cm³/mol. The van der Waals surface area contributed by atoms with Gasteiger partial charge in [0.05, 0.1) is 5.56 Å². The van der Waals surface area contributed by atoms with Gasteiger partial charge in [-0.15, -0.1) is 0 Å². The minimum atomic E-state index is -0.861. The van der Waals surface area contributed by atoms with Crippen LogP contribution in [-0.2, 0) is 0 Å². The number of anilines is 1. The minimum Gasteiger partial charge on any atom is -0.478 e. The molecule has 0 bridgehead atoms. The summed E-state index contributed by atoms with van der Waals surface area (Å²) in [5, 5.41) is 13.1. The van der Waals surface area contributed by atoms with E-state index in [4.69, 9.17) is 5.11 Å². The van der Waals surface area contributed by atoms with Gasteiger partial charge in [0.25, 0.3) is 0 Å². The zero-order valence-corrected chi connectivity index (χ0v) is 10.9. The Bertz CT molecular complexity index is 433. The lowest BCUT2D eigenvalue weighted by atomic mass is 10.1. The highest BCUT2D eigenvalue weighted by Gasteiger charge is 2.24. The molecule has 1 heterocycles. The summed E-state index contributed by atoms with van der Waals surface area (Å²) >= 11 is 1.96. The van der Waals surface area contributed by atoms with Crippen LogP contribution in [0.25, 0.3) is 0 Å². The zero-order valence-electron chi connectivity index (χ0n) is 10.1. The van der Waals surface area contributed by atoms with E-state index in [0.717, 1.165) is 17.7 Å². The summed E-state index contributed by atoms with van der Waals surface area (Å²) in [7, 11) is 0. The normalized spacial score (nSPS) is 23.6. The van der Waals surface area contributed by atoms with Crippen LogP contribution in [0.4, 0.5) is 5.69 Å². The van der Waals surface area contributed by atoms with Gasteiger partial charge in [-0.25, -0.2) is 4.79 Å². The summed E-state index contributed by atoms with van der Waals surface area (Å²) in [6.07, 6.45) is 1.14. The minimum absolute atomic E-state index is 0.383. The van der Waals surface area contributed by atoms with E-state index >= 15 is 0 Å². The van der Waals surface area contributed by atoms with Gasteiger partial charge in [0.1, 0.15) is 0 Å². The fourth-order valence-electron chi connectivity index (χ4n) is 2.14. The number of carboxylic acid groups (broad SMARTS) is 1. The Labute approximate surface area is 106 Å². The molecule has 1 saturated heterocycles. The van der Waals surface area contributed by atoms with Crippen LogP contribution in [0.3, 0.4) is 0 Å². The van der Waals surface area contributed by atoms with E-state index in [1.807, 2.05) is 24.8 Å². The molecule has 2 unspecified atom stereocenters. The molecule has 1 fully saturated rings. The number of carboxylic acids is 1. The van der Waals surface area contributed by atoms with Crippen LogP contribution in [-0.4, -0.2) is 28.1 Å². The van der Waals surface area contributed by atoms with Gasteiger partial charge in [-0.3, -0.25) is 0 Å². The largest absolute Gasteiger partial charge is 0.478 e. The lowest BCUT2D eigenvalue weighted by Gasteiger charge is -2.20. The summed E-state index contributed by atoms with van der Waals surface area (Å²) in [4.78, 5) is 11.0. The van der Waals surface area contributed by atoms with Crippen molar-refractivity contribution in [1.29, 1.82) is 0 Å². The molecule has 1 aliphatic rings. The van der Waals surface area contributed by atoms with Crippen molar-refractivity contribution in [3.05, 3.63) is 29.3 Å². The molecule has 0 aromatic heterocycles. The Morgan fingerprint density at radius 1 is 1.53 bits per heavy atom. The summed E-state index contributed by atoms with van der Waals surface area (Å²) in [5.41, 5.74) is 2.15. The highest BCUT2D eigenvalue weighted by Crippen LogP contribution is 2.30. The first-order chi connectivity index (χ1) is 8.09. The molecule has 0 amide bonds. The number of carbonyl (C=O) groups is 1. The molecule has 3 nitrogen and oxygen atoms in total. The van der Waals surface area contributed by atoms with Crippen LogP contribution in [0.5, 0.6) is 0 Å². The van der Waals surface area contributed by atoms with Crippen LogP contribution >= 0.6 is 11.8 Å². The number of hydrogen-bond acceptors (Lipinski definition) is 3. The van der Waals surface area contributed by atoms with E-state index in [0.29, 0.717) is 16.9 Å². The van der Waals surface area contributed by atoms with E-state index in [1.54, 1.807) is 12.1 Å². The Kier molecular flexibility index (Phi) is 3.62. The first kappa shape index (κ1) is 12.3. The molecular formula is C13H17NO2S. The Balaban J connectivity index is 2.21. The maximum absolute atomic E-state index is 11.0. The van der Waals surface area contributed by atoms with Gasteiger partial charge in [0, 0.05) is 17.0 Å². The number of aromatic carboxylic acids is 1. The first-order valence-electron chi connectivity index (χ1n) is 5.80. The van der Waals surface area contributed by atoms with E-state index in [2.05, 4.69) is 12.2 Å². The van der Waals surface area contributed by atoms with Gasteiger partial charge < -0.3 is 10.4 Å². The molecule has 1 aromatic carbocycles. The topological polar surface area (TPSA) is 49.3 Å². The fraction of sp³-hybridized carbons (Fsp3) is 0.462. The first-order valence-corrected chi connectivity index (χ1v) is 6.85. The zero-order chi connectivity index (χ0) is 12.4. The third-order valence-corrected chi connectivity index (χ3v) is 4.61. The van der Waals surface area contributed by atoms with Crippen LogP contribution in [0.1, 0.15) is 29.3 Å². The van der Waals surface area contributed by atoms with Crippen molar-refractivity contribution in [2.75, 3.05) is 11.1 Å². The average molecular weight is 251 g/mol. The van der Waals surface area contributed by atoms with E-state index in [1.165, 1.54) is 5.75 Å². The molecule has 17 heavy (non-hydrogen) atoms. The van der Waals surface area contributed by atoms with E-state index in [-0.39, 0.29) is 0 Å². The van der Waals surface area contributed by atoms with Crippen LogP contribution in [0, 0.1) is 6.92 Å². The lowest BCUT2D eigenvalue weighted by molar-refractivity contribution is 0.0696. The summed E-state index contributed by atoms with van der Waals surface area (Å²) < 4.78 is 0. The van der Waals surface area contributed by atoms with Crippen molar-refractivity contribution in [2.45, 2.75) is 31.6 Å². The second-order valence-electron chi connectivity index (χ2n) is 4.40. The van der Waals surface area contributed by atoms with Gasteiger partial charge >= 0.3 is 5.97 Å². The Morgan fingerprint density at radius 2 is 2.29 bits per heavy atom. The highest BCUT2D eigenvalue weighted by molar-refractivity contribution is 8.00. The maximum atomic E-state index is 11.0. The van der Waals surface area contributed by atoms with Crippen molar-refractivity contribution in [3.8, 4) is 0 Å². The fourth-order valence-corrected chi connectivity index (χ4v) is 3.34. The number of hydrogen-bond donors (Lipinski definition) is 2.